The Morgan fingerprint density at radius 1 is 1.21 bits per heavy atom. The SMILES string of the molecule is Cc1ccc(C(=O)NCC(=O)NCc2ccco2)o1. The second kappa shape index (κ2) is 5.90. The van der Waals surface area contributed by atoms with Crippen LogP contribution in [0.2, 0.25) is 0 Å². The van der Waals surface area contributed by atoms with Crippen molar-refractivity contribution in [1.82, 2.24) is 10.6 Å². The van der Waals surface area contributed by atoms with Gasteiger partial charge >= 0.3 is 0 Å². The van der Waals surface area contributed by atoms with Gasteiger partial charge in [-0.3, -0.25) is 9.59 Å². The quantitative estimate of drug-likeness (QED) is 0.848. The summed E-state index contributed by atoms with van der Waals surface area (Å²) in [5, 5.41) is 5.09. The van der Waals surface area contributed by atoms with E-state index < -0.39 is 5.91 Å². The normalized spacial score (nSPS) is 10.2. The van der Waals surface area contributed by atoms with Crippen molar-refractivity contribution < 1.29 is 18.4 Å². The molecule has 100 valence electrons. The number of furan rings is 2. The molecule has 0 saturated carbocycles. The fourth-order valence-electron chi connectivity index (χ4n) is 1.47. The van der Waals surface area contributed by atoms with Crippen LogP contribution in [0, 0.1) is 6.92 Å². The van der Waals surface area contributed by atoms with Gasteiger partial charge in [0.15, 0.2) is 5.76 Å². The molecule has 19 heavy (non-hydrogen) atoms. The highest BCUT2D eigenvalue weighted by molar-refractivity contribution is 5.94. The summed E-state index contributed by atoms with van der Waals surface area (Å²) >= 11 is 0. The van der Waals surface area contributed by atoms with E-state index in [0.29, 0.717) is 18.1 Å². The number of aryl methyl sites for hydroxylation is 1. The molecule has 0 atom stereocenters. The summed E-state index contributed by atoms with van der Waals surface area (Å²) in [5.41, 5.74) is 0. The fourth-order valence-corrected chi connectivity index (χ4v) is 1.47. The van der Waals surface area contributed by atoms with Crippen LogP contribution < -0.4 is 10.6 Å². The molecule has 2 amide bonds. The molecule has 0 bridgehead atoms. The average molecular weight is 262 g/mol. The summed E-state index contributed by atoms with van der Waals surface area (Å²) in [7, 11) is 0. The van der Waals surface area contributed by atoms with Gasteiger partial charge in [0.1, 0.15) is 11.5 Å². The van der Waals surface area contributed by atoms with E-state index in [9.17, 15) is 9.59 Å². The molecule has 2 aromatic heterocycles. The zero-order valence-corrected chi connectivity index (χ0v) is 10.4. The minimum absolute atomic E-state index is 0.112. The van der Waals surface area contributed by atoms with E-state index in [0.717, 1.165) is 0 Å². The predicted molar refractivity (Wildman–Crippen MR) is 66.3 cm³/mol. The molecule has 2 N–H and O–H groups in total. The number of nitrogens with one attached hydrogen (secondary N) is 2. The molecule has 0 radical (unpaired) electrons. The molecule has 0 unspecified atom stereocenters. The third-order valence-electron chi connectivity index (χ3n) is 2.41. The number of hydrogen-bond donors (Lipinski definition) is 2. The molecule has 0 aliphatic rings. The van der Waals surface area contributed by atoms with Crippen molar-refractivity contribution in [3.63, 3.8) is 0 Å². The van der Waals surface area contributed by atoms with E-state index >= 15 is 0 Å². The molecule has 0 spiro atoms. The van der Waals surface area contributed by atoms with Crippen LogP contribution in [-0.2, 0) is 11.3 Å². The third-order valence-corrected chi connectivity index (χ3v) is 2.41. The van der Waals surface area contributed by atoms with Crippen LogP contribution >= 0.6 is 0 Å². The maximum atomic E-state index is 11.6. The predicted octanol–water partition coefficient (Wildman–Crippen LogP) is 1.23. The largest absolute Gasteiger partial charge is 0.467 e. The van der Waals surface area contributed by atoms with Gasteiger partial charge in [0.25, 0.3) is 5.91 Å². The first kappa shape index (κ1) is 12.9. The molecule has 0 aliphatic heterocycles. The van der Waals surface area contributed by atoms with Crippen LogP contribution in [0.15, 0.2) is 39.4 Å². The summed E-state index contributed by atoms with van der Waals surface area (Å²) in [6, 6.07) is 6.74. The highest BCUT2D eigenvalue weighted by atomic mass is 16.3. The minimum Gasteiger partial charge on any atom is -0.467 e. The molecule has 2 rings (SSSR count). The number of rotatable bonds is 5. The number of amides is 2. The maximum Gasteiger partial charge on any atom is 0.287 e. The standard InChI is InChI=1S/C13H14N2O4/c1-9-4-5-11(19-9)13(17)15-8-12(16)14-7-10-3-2-6-18-10/h2-6H,7-8H2,1H3,(H,14,16)(H,15,17). The van der Waals surface area contributed by atoms with Crippen molar-refractivity contribution in [1.29, 1.82) is 0 Å². The first-order valence-electron chi connectivity index (χ1n) is 5.79. The minimum atomic E-state index is -0.416. The Morgan fingerprint density at radius 3 is 2.68 bits per heavy atom. The Balaban J connectivity index is 1.73. The Morgan fingerprint density at radius 2 is 2.05 bits per heavy atom. The van der Waals surface area contributed by atoms with Crippen LogP contribution in [0.25, 0.3) is 0 Å². The second-order valence-corrected chi connectivity index (χ2v) is 3.95. The van der Waals surface area contributed by atoms with Gasteiger partial charge in [0, 0.05) is 0 Å². The summed E-state index contributed by atoms with van der Waals surface area (Å²) in [4.78, 5) is 23.1. The van der Waals surface area contributed by atoms with E-state index in [1.54, 1.807) is 31.2 Å². The van der Waals surface area contributed by atoms with Crippen molar-refractivity contribution in [3.8, 4) is 0 Å². The van der Waals surface area contributed by atoms with Gasteiger partial charge in [-0.15, -0.1) is 0 Å². The first-order chi connectivity index (χ1) is 9.15. The lowest BCUT2D eigenvalue weighted by atomic mass is 10.4. The Bertz CT molecular complexity index is 557. The molecule has 0 aliphatic carbocycles. The molecule has 0 fully saturated rings. The molecule has 6 heteroatoms. The number of hydrogen-bond acceptors (Lipinski definition) is 4. The van der Waals surface area contributed by atoms with Crippen molar-refractivity contribution in [2.24, 2.45) is 0 Å². The summed E-state index contributed by atoms with van der Waals surface area (Å²) in [5.74, 6) is 0.777. The smallest absolute Gasteiger partial charge is 0.287 e. The monoisotopic (exact) mass is 262 g/mol. The topological polar surface area (TPSA) is 84.5 Å². The lowest BCUT2D eigenvalue weighted by Gasteiger charge is -2.04. The fraction of sp³-hybridized carbons (Fsp3) is 0.231. The van der Waals surface area contributed by atoms with Gasteiger partial charge in [-0.25, -0.2) is 0 Å². The van der Waals surface area contributed by atoms with E-state index in [4.69, 9.17) is 8.83 Å². The maximum absolute atomic E-state index is 11.6. The van der Waals surface area contributed by atoms with E-state index in [1.165, 1.54) is 6.26 Å². The Hall–Kier alpha value is -2.50. The van der Waals surface area contributed by atoms with E-state index in [1.807, 2.05) is 0 Å². The zero-order chi connectivity index (χ0) is 13.7. The highest BCUT2D eigenvalue weighted by Gasteiger charge is 2.11. The summed E-state index contributed by atoms with van der Waals surface area (Å²) in [6.07, 6.45) is 1.53. The third kappa shape index (κ3) is 3.74. The van der Waals surface area contributed by atoms with Crippen LogP contribution in [-0.4, -0.2) is 18.4 Å². The van der Waals surface area contributed by atoms with Crippen molar-refractivity contribution in [2.45, 2.75) is 13.5 Å². The van der Waals surface area contributed by atoms with Crippen LogP contribution in [0.1, 0.15) is 22.1 Å². The van der Waals surface area contributed by atoms with E-state index in [-0.39, 0.29) is 18.2 Å². The molecule has 0 saturated heterocycles. The summed E-state index contributed by atoms with van der Waals surface area (Å²) in [6.45, 7) is 1.92. The van der Waals surface area contributed by atoms with Crippen molar-refractivity contribution >= 4 is 11.8 Å². The van der Waals surface area contributed by atoms with Crippen molar-refractivity contribution in [2.75, 3.05) is 6.54 Å². The number of carbonyl (C=O) groups is 2. The average Bonchev–Trinajstić information content (AvgIpc) is 3.04. The summed E-state index contributed by atoms with van der Waals surface area (Å²) < 4.78 is 10.2. The first-order valence-corrected chi connectivity index (χ1v) is 5.79. The van der Waals surface area contributed by atoms with Gasteiger partial charge in [-0.2, -0.15) is 0 Å². The van der Waals surface area contributed by atoms with Crippen molar-refractivity contribution in [3.05, 3.63) is 47.8 Å². The second-order valence-electron chi connectivity index (χ2n) is 3.95. The van der Waals surface area contributed by atoms with Gasteiger partial charge in [-0.05, 0) is 31.2 Å². The molecular weight excluding hydrogens is 248 g/mol. The van der Waals surface area contributed by atoms with Gasteiger partial charge in [0.2, 0.25) is 5.91 Å². The van der Waals surface area contributed by atoms with Gasteiger partial charge in [0.05, 0.1) is 19.4 Å². The zero-order valence-electron chi connectivity index (χ0n) is 10.4. The lowest BCUT2D eigenvalue weighted by molar-refractivity contribution is -0.120. The van der Waals surface area contributed by atoms with Crippen LogP contribution in [0.3, 0.4) is 0 Å². The Labute approximate surface area is 109 Å². The van der Waals surface area contributed by atoms with Crippen LogP contribution in [0.4, 0.5) is 0 Å². The molecule has 2 aromatic rings. The number of carbonyl (C=O) groups excluding carboxylic acids is 2. The molecule has 2 heterocycles. The molecule has 6 nitrogen and oxygen atoms in total. The van der Waals surface area contributed by atoms with Crippen LogP contribution in [0.5, 0.6) is 0 Å². The van der Waals surface area contributed by atoms with Gasteiger partial charge in [-0.1, -0.05) is 0 Å². The Kier molecular flexibility index (Phi) is 4.02. The molecular formula is C13H14N2O4. The van der Waals surface area contributed by atoms with Gasteiger partial charge < -0.3 is 19.5 Å². The highest BCUT2D eigenvalue weighted by Crippen LogP contribution is 2.05. The lowest BCUT2D eigenvalue weighted by Crippen LogP contribution is -2.36. The molecule has 0 aromatic carbocycles. The van der Waals surface area contributed by atoms with E-state index in [2.05, 4.69) is 10.6 Å².